The van der Waals surface area contributed by atoms with E-state index >= 15 is 0 Å². The normalized spacial score (nSPS) is 18.1. The molecular formula is C27H33N7O2. The Morgan fingerprint density at radius 2 is 1.78 bits per heavy atom. The minimum atomic E-state index is -0.0678. The highest BCUT2D eigenvalue weighted by Crippen LogP contribution is 2.23. The van der Waals surface area contributed by atoms with Gasteiger partial charge in [0.2, 0.25) is 5.95 Å². The Kier molecular flexibility index (Phi) is 7.58. The first-order valence-electron chi connectivity index (χ1n) is 12.6. The molecular weight excluding hydrogens is 454 g/mol. The van der Waals surface area contributed by atoms with Gasteiger partial charge in [-0.05, 0) is 47.9 Å². The fraction of sp³-hybridized carbons (Fsp3) is 0.370. The van der Waals surface area contributed by atoms with E-state index in [0.29, 0.717) is 32.1 Å². The molecule has 3 heterocycles. The van der Waals surface area contributed by atoms with Gasteiger partial charge in [-0.25, -0.2) is 9.78 Å². The smallest absolute Gasteiger partial charge is 0.321 e. The minimum absolute atomic E-state index is 0.0678. The molecule has 3 aromatic rings. The fourth-order valence-electron chi connectivity index (χ4n) is 4.44. The highest BCUT2D eigenvalue weighted by atomic mass is 16.5. The Labute approximate surface area is 211 Å². The number of morpholine rings is 1. The lowest BCUT2D eigenvalue weighted by molar-refractivity contribution is 0.0277. The molecule has 1 atom stereocenters. The van der Waals surface area contributed by atoms with E-state index < -0.39 is 0 Å². The fourth-order valence-corrected chi connectivity index (χ4v) is 4.44. The summed E-state index contributed by atoms with van der Waals surface area (Å²) < 4.78 is 5.82. The van der Waals surface area contributed by atoms with Crippen LogP contribution >= 0.6 is 0 Å². The van der Waals surface area contributed by atoms with Crippen LogP contribution in [0.25, 0.3) is 0 Å². The maximum atomic E-state index is 12.7. The second kappa shape index (κ2) is 11.4. The molecule has 1 unspecified atom stereocenters. The summed E-state index contributed by atoms with van der Waals surface area (Å²) in [6.45, 7) is 7.27. The molecule has 0 spiro atoms. The number of carbonyl (C=O) groups is 1. The molecule has 0 saturated carbocycles. The third kappa shape index (κ3) is 5.92. The van der Waals surface area contributed by atoms with E-state index in [1.165, 1.54) is 5.56 Å². The Morgan fingerprint density at radius 1 is 1.03 bits per heavy atom. The first kappa shape index (κ1) is 24.0. The second-order valence-corrected chi connectivity index (χ2v) is 9.00. The molecule has 2 fully saturated rings. The monoisotopic (exact) mass is 487 g/mol. The van der Waals surface area contributed by atoms with Crippen LogP contribution in [0.4, 0.5) is 27.9 Å². The van der Waals surface area contributed by atoms with E-state index in [0.717, 1.165) is 48.9 Å². The molecule has 188 valence electrons. The van der Waals surface area contributed by atoms with Crippen LogP contribution in [-0.4, -0.2) is 66.8 Å². The van der Waals surface area contributed by atoms with Crippen molar-refractivity contribution in [3.05, 3.63) is 71.9 Å². The number of carbonyl (C=O) groups excluding carboxylic acids is 1. The lowest BCUT2D eigenvalue weighted by Crippen LogP contribution is -2.50. The van der Waals surface area contributed by atoms with Crippen LogP contribution in [0.3, 0.4) is 0 Å². The number of amides is 2. The van der Waals surface area contributed by atoms with Crippen LogP contribution in [0.1, 0.15) is 24.2 Å². The Hall–Kier alpha value is -3.69. The number of hydrogen-bond acceptors (Lipinski definition) is 7. The van der Waals surface area contributed by atoms with Crippen molar-refractivity contribution in [3.63, 3.8) is 0 Å². The maximum absolute atomic E-state index is 12.7. The number of aryl methyl sites for hydroxylation is 1. The molecule has 36 heavy (non-hydrogen) atoms. The highest BCUT2D eigenvalue weighted by molar-refractivity contribution is 5.89. The van der Waals surface area contributed by atoms with Gasteiger partial charge in [0.05, 0.1) is 12.7 Å². The molecule has 2 aliphatic rings. The topological polar surface area (TPSA) is 94.7 Å². The van der Waals surface area contributed by atoms with Crippen molar-refractivity contribution in [3.8, 4) is 0 Å². The van der Waals surface area contributed by atoms with E-state index in [-0.39, 0.29) is 12.1 Å². The van der Waals surface area contributed by atoms with Gasteiger partial charge in [0.25, 0.3) is 0 Å². The van der Waals surface area contributed by atoms with Crippen LogP contribution in [0, 0.1) is 0 Å². The van der Waals surface area contributed by atoms with Gasteiger partial charge in [-0.3, -0.25) is 0 Å². The average Bonchev–Trinajstić information content (AvgIpc) is 2.94. The number of aromatic nitrogens is 2. The number of nitrogens with one attached hydrogen (secondary N) is 3. The van der Waals surface area contributed by atoms with Gasteiger partial charge in [-0.1, -0.05) is 31.2 Å². The second-order valence-electron chi connectivity index (χ2n) is 9.00. The molecule has 3 N–H and O–H groups in total. The number of benzene rings is 2. The van der Waals surface area contributed by atoms with Gasteiger partial charge in [0.1, 0.15) is 5.82 Å². The van der Waals surface area contributed by atoms with E-state index in [2.05, 4.69) is 44.9 Å². The van der Waals surface area contributed by atoms with Gasteiger partial charge in [-0.2, -0.15) is 4.98 Å². The van der Waals surface area contributed by atoms with E-state index in [1.54, 1.807) is 6.20 Å². The van der Waals surface area contributed by atoms with Gasteiger partial charge in [0, 0.05) is 56.8 Å². The number of nitrogens with zero attached hydrogens (tertiary/aromatic N) is 4. The zero-order chi connectivity index (χ0) is 24.7. The number of rotatable bonds is 6. The van der Waals surface area contributed by atoms with Crippen molar-refractivity contribution >= 4 is 29.2 Å². The van der Waals surface area contributed by atoms with Crippen LogP contribution < -0.4 is 20.9 Å². The summed E-state index contributed by atoms with van der Waals surface area (Å²) in [5.74, 6) is 1.40. The van der Waals surface area contributed by atoms with Gasteiger partial charge in [0.15, 0.2) is 0 Å². The summed E-state index contributed by atoms with van der Waals surface area (Å²) >= 11 is 0. The maximum Gasteiger partial charge on any atom is 0.321 e. The van der Waals surface area contributed by atoms with Crippen molar-refractivity contribution in [2.24, 2.45) is 0 Å². The van der Waals surface area contributed by atoms with E-state index in [1.807, 2.05) is 47.4 Å². The number of piperazine rings is 1. The van der Waals surface area contributed by atoms with Crippen molar-refractivity contribution in [1.82, 2.24) is 20.2 Å². The first-order chi connectivity index (χ1) is 17.7. The SMILES string of the molecule is CCc1ccc(NC(=O)N2CCN(c3ccnc(Nc4ccc(C5CNCCO5)cc4)n3)CC2)cc1. The van der Waals surface area contributed by atoms with E-state index in [4.69, 9.17) is 9.72 Å². The van der Waals surface area contributed by atoms with Gasteiger partial charge < -0.3 is 30.5 Å². The third-order valence-electron chi connectivity index (χ3n) is 6.61. The molecule has 0 bridgehead atoms. The van der Waals surface area contributed by atoms with Crippen LogP contribution in [0.2, 0.25) is 0 Å². The lowest BCUT2D eigenvalue weighted by Gasteiger charge is -2.35. The molecule has 9 nitrogen and oxygen atoms in total. The van der Waals surface area contributed by atoms with Gasteiger partial charge >= 0.3 is 6.03 Å². The number of hydrogen-bond donors (Lipinski definition) is 3. The summed E-state index contributed by atoms with van der Waals surface area (Å²) in [5, 5.41) is 9.65. The molecule has 2 saturated heterocycles. The zero-order valence-corrected chi connectivity index (χ0v) is 20.6. The molecule has 1 aromatic heterocycles. The molecule has 2 amide bonds. The Bertz CT molecular complexity index is 1140. The van der Waals surface area contributed by atoms with Crippen molar-refractivity contribution < 1.29 is 9.53 Å². The first-order valence-corrected chi connectivity index (χ1v) is 12.6. The predicted molar refractivity (Wildman–Crippen MR) is 142 cm³/mol. The summed E-state index contributed by atoms with van der Waals surface area (Å²) in [4.78, 5) is 25.8. The minimum Gasteiger partial charge on any atom is -0.371 e. The largest absolute Gasteiger partial charge is 0.371 e. The van der Waals surface area contributed by atoms with Crippen LogP contribution in [0.5, 0.6) is 0 Å². The lowest BCUT2D eigenvalue weighted by atomic mass is 10.1. The van der Waals surface area contributed by atoms with E-state index in [9.17, 15) is 4.79 Å². The number of urea groups is 1. The van der Waals surface area contributed by atoms with Crippen molar-refractivity contribution in [2.45, 2.75) is 19.4 Å². The standard InChI is InChI=1S/C27H33N7O2/c1-2-20-3-7-23(8-4-20)31-27(35)34-16-14-33(15-17-34)25-11-12-29-26(32-25)30-22-9-5-21(6-10-22)24-19-28-13-18-36-24/h3-12,24,28H,2,13-19H2,1H3,(H,31,35)(H,29,30,32). The summed E-state index contributed by atoms with van der Waals surface area (Å²) in [5.41, 5.74) is 4.15. The summed E-state index contributed by atoms with van der Waals surface area (Å²) in [6, 6.07) is 18.0. The number of anilines is 4. The van der Waals surface area contributed by atoms with Crippen molar-refractivity contribution in [2.75, 3.05) is 61.4 Å². The Morgan fingerprint density at radius 3 is 2.47 bits per heavy atom. The molecule has 0 radical (unpaired) electrons. The van der Waals surface area contributed by atoms with Gasteiger partial charge in [-0.15, -0.1) is 0 Å². The number of ether oxygens (including phenoxy) is 1. The zero-order valence-electron chi connectivity index (χ0n) is 20.6. The summed E-state index contributed by atoms with van der Waals surface area (Å²) in [6.07, 6.45) is 2.84. The molecule has 0 aliphatic carbocycles. The Balaban J connectivity index is 1.14. The van der Waals surface area contributed by atoms with Crippen LogP contribution in [0.15, 0.2) is 60.8 Å². The third-order valence-corrected chi connectivity index (χ3v) is 6.61. The molecule has 9 heteroatoms. The summed E-state index contributed by atoms with van der Waals surface area (Å²) in [7, 11) is 0. The van der Waals surface area contributed by atoms with Crippen molar-refractivity contribution in [1.29, 1.82) is 0 Å². The molecule has 2 aliphatic heterocycles. The quantitative estimate of drug-likeness (QED) is 0.487. The molecule has 2 aromatic carbocycles. The molecule has 5 rings (SSSR count). The highest BCUT2D eigenvalue weighted by Gasteiger charge is 2.22. The van der Waals surface area contributed by atoms with Crippen LogP contribution in [-0.2, 0) is 11.2 Å². The predicted octanol–water partition coefficient (Wildman–Crippen LogP) is 3.80. The average molecular weight is 488 g/mol.